The topological polar surface area (TPSA) is 78.8 Å². The second-order valence-corrected chi connectivity index (χ2v) is 8.22. The molecule has 0 amide bonds. The third-order valence-electron chi connectivity index (χ3n) is 6.19. The maximum Gasteiger partial charge on any atom is 0.490 e. The van der Waals surface area contributed by atoms with Gasteiger partial charge in [-0.1, -0.05) is 0 Å². The summed E-state index contributed by atoms with van der Waals surface area (Å²) in [6, 6.07) is 0.331. The molecule has 1 spiro atoms. The van der Waals surface area contributed by atoms with Gasteiger partial charge in [0.2, 0.25) is 5.95 Å². The average molecular weight is 470 g/mol. The van der Waals surface area contributed by atoms with Crippen LogP contribution in [-0.2, 0) is 9.53 Å². The number of likely N-dealkylation sites (tertiary alicyclic amines) is 1. The number of rotatable bonds is 2. The third-order valence-corrected chi connectivity index (χ3v) is 6.19. The van der Waals surface area contributed by atoms with Crippen LogP contribution >= 0.6 is 0 Å². The van der Waals surface area contributed by atoms with Gasteiger partial charge < -0.3 is 14.7 Å². The van der Waals surface area contributed by atoms with Crippen molar-refractivity contribution in [2.75, 3.05) is 44.3 Å². The summed E-state index contributed by atoms with van der Waals surface area (Å²) in [6.45, 7) is 2.93. The van der Waals surface area contributed by atoms with Crippen LogP contribution in [0.2, 0.25) is 0 Å². The van der Waals surface area contributed by atoms with E-state index in [9.17, 15) is 26.3 Å². The number of hydrogen-bond acceptors (Lipinski definition) is 6. The Bertz CT molecular complexity index is 788. The zero-order chi connectivity index (χ0) is 23.6. The van der Waals surface area contributed by atoms with Crippen LogP contribution in [0.1, 0.15) is 25.7 Å². The predicted octanol–water partition coefficient (Wildman–Crippen LogP) is 2.97. The van der Waals surface area contributed by atoms with E-state index in [2.05, 4.69) is 14.9 Å². The SMILES string of the molecule is Fc1cnc(N2CCC3(C2)CN(C2CCOCC2)CCC3(F)F)nc1.O=C(O)C(F)(F)F. The molecule has 3 saturated heterocycles. The molecule has 1 aromatic heterocycles. The number of nitrogens with zero attached hydrogens (tertiary/aromatic N) is 4. The van der Waals surface area contributed by atoms with Gasteiger partial charge in [-0.05, 0) is 19.3 Å². The minimum Gasteiger partial charge on any atom is -0.475 e. The molecule has 180 valence electrons. The van der Waals surface area contributed by atoms with E-state index in [-0.39, 0.29) is 13.0 Å². The molecule has 3 aliphatic heterocycles. The molecule has 7 nitrogen and oxygen atoms in total. The fraction of sp³-hybridized carbons (Fsp3) is 0.737. The summed E-state index contributed by atoms with van der Waals surface area (Å²) < 4.78 is 79.9. The van der Waals surface area contributed by atoms with Crippen molar-refractivity contribution in [3.05, 3.63) is 18.2 Å². The second kappa shape index (κ2) is 9.38. The zero-order valence-electron chi connectivity index (χ0n) is 17.1. The number of ether oxygens (including phenoxy) is 1. The molecule has 0 saturated carbocycles. The molecule has 4 rings (SSSR count). The van der Waals surface area contributed by atoms with Gasteiger partial charge in [0.15, 0.2) is 5.82 Å². The van der Waals surface area contributed by atoms with Gasteiger partial charge in [0, 0.05) is 51.9 Å². The Kier molecular flexibility index (Phi) is 7.18. The maximum atomic E-state index is 14.9. The first-order valence-corrected chi connectivity index (χ1v) is 10.2. The van der Waals surface area contributed by atoms with Crippen molar-refractivity contribution >= 4 is 11.9 Å². The van der Waals surface area contributed by atoms with Gasteiger partial charge in [-0.25, -0.2) is 27.9 Å². The van der Waals surface area contributed by atoms with Crippen molar-refractivity contribution in [3.8, 4) is 0 Å². The summed E-state index contributed by atoms with van der Waals surface area (Å²) in [4.78, 5) is 20.8. The summed E-state index contributed by atoms with van der Waals surface area (Å²) in [5.41, 5.74) is -1.08. The highest BCUT2D eigenvalue weighted by atomic mass is 19.4. The van der Waals surface area contributed by atoms with E-state index in [0.717, 1.165) is 25.2 Å². The van der Waals surface area contributed by atoms with Crippen molar-refractivity contribution in [2.45, 2.75) is 43.8 Å². The molecule has 4 heterocycles. The quantitative estimate of drug-likeness (QED) is 0.666. The highest BCUT2D eigenvalue weighted by Gasteiger charge is 2.60. The number of alkyl halides is 5. The van der Waals surface area contributed by atoms with Gasteiger partial charge in [-0.15, -0.1) is 0 Å². The first-order chi connectivity index (χ1) is 14.9. The number of anilines is 1. The van der Waals surface area contributed by atoms with E-state index in [1.807, 2.05) is 0 Å². The number of hydrogen-bond donors (Lipinski definition) is 1. The number of carboxylic acids is 1. The minimum absolute atomic E-state index is 0.109. The monoisotopic (exact) mass is 470 g/mol. The fourth-order valence-electron chi connectivity index (χ4n) is 4.43. The normalized spacial score (nSPS) is 26.6. The molecule has 3 fully saturated rings. The Labute approximate surface area is 180 Å². The highest BCUT2D eigenvalue weighted by molar-refractivity contribution is 5.73. The molecule has 1 N–H and O–H groups in total. The van der Waals surface area contributed by atoms with Gasteiger partial charge in [0.1, 0.15) is 0 Å². The molecular weight excluding hydrogens is 446 g/mol. The highest BCUT2D eigenvalue weighted by Crippen LogP contribution is 2.50. The van der Waals surface area contributed by atoms with E-state index in [1.54, 1.807) is 4.90 Å². The van der Waals surface area contributed by atoms with E-state index in [0.29, 0.717) is 51.3 Å². The van der Waals surface area contributed by atoms with Crippen molar-refractivity contribution in [1.29, 1.82) is 0 Å². The number of aliphatic carboxylic acids is 1. The Balaban J connectivity index is 0.000000360. The van der Waals surface area contributed by atoms with Crippen LogP contribution in [0, 0.1) is 11.2 Å². The molecule has 1 aromatic rings. The summed E-state index contributed by atoms with van der Waals surface area (Å²) >= 11 is 0. The first-order valence-electron chi connectivity index (χ1n) is 10.2. The molecular formula is C19H24F6N4O3. The van der Waals surface area contributed by atoms with Gasteiger partial charge in [-0.3, -0.25) is 4.90 Å². The van der Waals surface area contributed by atoms with Gasteiger partial charge >= 0.3 is 12.1 Å². The summed E-state index contributed by atoms with van der Waals surface area (Å²) in [5, 5.41) is 7.12. The van der Waals surface area contributed by atoms with Crippen molar-refractivity contribution in [1.82, 2.24) is 14.9 Å². The van der Waals surface area contributed by atoms with E-state index in [1.165, 1.54) is 0 Å². The largest absolute Gasteiger partial charge is 0.490 e. The van der Waals surface area contributed by atoms with Crippen LogP contribution in [0.15, 0.2) is 12.4 Å². The Morgan fingerprint density at radius 1 is 1.09 bits per heavy atom. The Morgan fingerprint density at radius 2 is 1.69 bits per heavy atom. The van der Waals surface area contributed by atoms with Crippen LogP contribution in [0.5, 0.6) is 0 Å². The van der Waals surface area contributed by atoms with Crippen LogP contribution in [0.25, 0.3) is 0 Å². The maximum absolute atomic E-state index is 14.9. The fourth-order valence-corrected chi connectivity index (χ4v) is 4.43. The number of carboxylic acid groups (broad SMARTS) is 1. The first kappa shape index (κ1) is 24.5. The third kappa shape index (κ3) is 5.42. The summed E-state index contributed by atoms with van der Waals surface area (Å²) in [6.07, 6.45) is -0.802. The number of carbonyl (C=O) groups is 1. The Hall–Kier alpha value is -2.15. The zero-order valence-corrected chi connectivity index (χ0v) is 17.1. The molecule has 1 atom stereocenters. The standard InChI is InChI=1S/C17H23F3N4O.C2HF3O2/c18-13-9-21-15(22-10-13)24-5-3-16(12-24)11-23(6-4-17(16,19)20)14-1-7-25-8-2-14;3-2(4,5)1(6)7/h9-10,14H,1-8,11-12H2;(H,6,7). The molecule has 0 aromatic carbocycles. The van der Waals surface area contributed by atoms with Crippen LogP contribution in [0.4, 0.5) is 32.3 Å². The molecule has 0 aliphatic carbocycles. The number of aromatic nitrogens is 2. The van der Waals surface area contributed by atoms with Crippen LogP contribution in [0.3, 0.4) is 0 Å². The molecule has 32 heavy (non-hydrogen) atoms. The van der Waals surface area contributed by atoms with Crippen molar-refractivity contribution in [2.24, 2.45) is 5.41 Å². The molecule has 1 unspecified atom stereocenters. The Morgan fingerprint density at radius 3 is 2.25 bits per heavy atom. The minimum atomic E-state index is -5.08. The van der Waals surface area contributed by atoms with Crippen molar-refractivity contribution < 1.29 is 41.0 Å². The number of halogens is 6. The lowest BCUT2D eigenvalue weighted by atomic mass is 9.75. The smallest absolute Gasteiger partial charge is 0.475 e. The summed E-state index contributed by atoms with van der Waals surface area (Å²) in [7, 11) is 0. The van der Waals surface area contributed by atoms with Gasteiger partial charge in [0.25, 0.3) is 5.92 Å². The lowest BCUT2D eigenvalue weighted by Gasteiger charge is -2.49. The van der Waals surface area contributed by atoms with Crippen LogP contribution in [-0.4, -0.2) is 83.5 Å². The molecule has 0 bridgehead atoms. The van der Waals surface area contributed by atoms with E-state index < -0.39 is 29.3 Å². The van der Waals surface area contributed by atoms with E-state index >= 15 is 0 Å². The summed E-state index contributed by atoms with van der Waals surface area (Å²) in [5.74, 6) is -5.65. The lowest BCUT2D eigenvalue weighted by Crippen LogP contribution is -2.59. The van der Waals surface area contributed by atoms with Gasteiger partial charge in [0.05, 0.1) is 17.8 Å². The second-order valence-electron chi connectivity index (χ2n) is 8.22. The average Bonchev–Trinajstić information content (AvgIpc) is 3.17. The van der Waals surface area contributed by atoms with Crippen molar-refractivity contribution in [3.63, 3.8) is 0 Å². The lowest BCUT2D eigenvalue weighted by molar-refractivity contribution is -0.192. The van der Waals surface area contributed by atoms with Crippen LogP contribution < -0.4 is 4.90 Å². The van der Waals surface area contributed by atoms with E-state index in [4.69, 9.17) is 14.6 Å². The molecule has 13 heteroatoms. The number of piperidine rings is 1. The molecule has 0 radical (unpaired) electrons. The van der Waals surface area contributed by atoms with Gasteiger partial charge in [-0.2, -0.15) is 13.2 Å². The molecule has 3 aliphatic rings. The predicted molar refractivity (Wildman–Crippen MR) is 99.9 cm³/mol.